The minimum atomic E-state index is -0.276. The van der Waals surface area contributed by atoms with Gasteiger partial charge in [-0.3, -0.25) is 4.79 Å². The monoisotopic (exact) mass is 474 g/mol. The first kappa shape index (κ1) is 22.7. The fourth-order valence-corrected chi connectivity index (χ4v) is 5.17. The van der Waals surface area contributed by atoms with Gasteiger partial charge < -0.3 is 10.1 Å². The van der Waals surface area contributed by atoms with Crippen molar-refractivity contribution in [3.05, 3.63) is 77.0 Å². The van der Waals surface area contributed by atoms with Gasteiger partial charge in [0.25, 0.3) is 0 Å². The summed E-state index contributed by atoms with van der Waals surface area (Å²) in [5, 5.41) is 8.94. The number of aromatic nitrogens is 3. The molecular formula is C27H30N4O2S. The highest BCUT2D eigenvalue weighted by molar-refractivity contribution is 7.98. The Labute approximate surface area is 204 Å². The Bertz CT molecular complexity index is 1190. The van der Waals surface area contributed by atoms with Crippen LogP contribution >= 0.6 is 11.8 Å². The van der Waals surface area contributed by atoms with Crippen molar-refractivity contribution in [3.63, 3.8) is 0 Å². The second-order valence-electron chi connectivity index (χ2n) is 9.23. The predicted octanol–water partition coefficient (Wildman–Crippen LogP) is 6.02. The third-order valence-corrected chi connectivity index (χ3v) is 7.13. The van der Waals surface area contributed by atoms with Gasteiger partial charge in [0, 0.05) is 23.4 Å². The maximum absolute atomic E-state index is 13.0. The van der Waals surface area contributed by atoms with Crippen LogP contribution in [0.2, 0.25) is 0 Å². The van der Waals surface area contributed by atoms with E-state index in [0.29, 0.717) is 30.1 Å². The Morgan fingerprint density at radius 3 is 2.68 bits per heavy atom. The van der Waals surface area contributed by atoms with Crippen LogP contribution in [0.25, 0.3) is 0 Å². The van der Waals surface area contributed by atoms with E-state index in [0.717, 1.165) is 47.6 Å². The van der Waals surface area contributed by atoms with E-state index >= 15 is 0 Å². The smallest absolute Gasteiger partial charge is 0.227 e. The van der Waals surface area contributed by atoms with E-state index in [2.05, 4.69) is 43.4 Å². The molecule has 1 unspecified atom stereocenters. The first-order valence-corrected chi connectivity index (χ1v) is 13.0. The number of nitrogens with one attached hydrogen (secondary N) is 1. The molecule has 5 rings (SSSR count). The van der Waals surface area contributed by atoms with Crippen molar-refractivity contribution in [2.24, 2.45) is 5.92 Å². The topological polar surface area (TPSA) is 69.0 Å². The zero-order valence-electron chi connectivity index (χ0n) is 19.7. The van der Waals surface area contributed by atoms with Gasteiger partial charge in [-0.1, -0.05) is 68.1 Å². The molecule has 1 N–H and O–H groups in total. The minimum absolute atomic E-state index is 0.190. The normalized spacial score (nSPS) is 17.4. The second kappa shape index (κ2) is 10.1. The molecule has 2 aromatic carbocycles. The van der Waals surface area contributed by atoms with Crippen LogP contribution in [-0.2, 0) is 10.5 Å². The lowest BCUT2D eigenvalue weighted by molar-refractivity contribution is -0.116. The molecule has 1 aliphatic carbocycles. The summed E-state index contributed by atoms with van der Waals surface area (Å²) in [6.07, 6.45) is 3.32. The van der Waals surface area contributed by atoms with Crippen LogP contribution in [0.4, 0.5) is 5.95 Å². The summed E-state index contributed by atoms with van der Waals surface area (Å²) in [6.45, 7) is 5.09. The maximum Gasteiger partial charge on any atom is 0.227 e. The molecule has 34 heavy (non-hydrogen) atoms. The summed E-state index contributed by atoms with van der Waals surface area (Å²) >= 11 is 1.61. The number of hydrogen-bond donors (Lipinski definition) is 1. The molecule has 176 valence electrons. The van der Waals surface area contributed by atoms with Gasteiger partial charge in [0.2, 0.25) is 11.1 Å². The fraction of sp³-hybridized carbons (Fsp3) is 0.370. The van der Waals surface area contributed by atoms with Crippen LogP contribution in [0.1, 0.15) is 56.7 Å². The Kier molecular flexibility index (Phi) is 6.72. The van der Waals surface area contributed by atoms with Gasteiger partial charge in [-0.05, 0) is 48.4 Å². The number of rotatable bonds is 8. The van der Waals surface area contributed by atoms with Crippen LogP contribution in [-0.4, -0.2) is 27.2 Å². The highest BCUT2D eigenvalue weighted by Gasteiger charge is 2.36. The predicted molar refractivity (Wildman–Crippen MR) is 135 cm³/mol. The lowest BCUT2D eigenvalue weighted by atomic mass is 9.85. The lowest BCUT2D eigenvalue weighted by Crippen LogP contribution is -2.31. The number of carbonyl (C=O) groups excluding carboxylic acids is 1. The molecule has 0 bridgehead atoms. The van der Waals surface area contributed by atoms with Gasteiger partial charge in [0.05, 0.1) is 6.61 Å². The van der Waals surface area contributed by atoms with Crippen LogP contribution < -0.4 is 10.1 Å². The van der Waals surface area contributed by atoms with Gasteiger partial charge in [0.15, 0.2) is 5.78 Å². The number of benzene rings is 2. The summed E-state index contributed by atoms with van der Waals surface area (Å²) in [5.41, 5.74) is 4.05. The van der Waals surface area contributed by atoms with E-state index in [1.54, 1.807) is 11.8 Å². The van der Waals surface area contributed by atoms with Crippen molar-refractivity contribution >= 4 is 23.5 Å². The molecule has 0 fully saturated rings. The molecule has 2 heterocycles. The minimum Gasteiger partial charge on any atom is -0.494 e. The number of ketones is 1. The molecule has 7 heteroatoms. The van der Waals surface area contributed by atoms with Crippen LogP contribution in [0.5, 0.6) is 5.75 Å². The number of fused-ring (bicyclic) bond motifs is 1. The van der Waals surface area contributed by atoms with Gasteiger partial charge in [-0.15, -0.1) is 5.10 Å². The molecule has 0 radical (unpaired) electrons. The van der Waals surface area contributed by atoms with Crippen molar-refractivity contribution in [1.29, 1.82) is 0 Å². The van der Waals surface area contributed by atoms with Crippen LogP contribution in [0.15, 0.2) is 71.0 Å². The van der Waals surface area contributed by atoms with Crippen LogP contribution in [0.3, 0.4) is 0 Å². The Morgan fingerprint density at radius 1 is 1.12 bits per heavy atom. The number of carbonyl (C=O) groups is 1. The van der Waals surface area contributed by atoms with E-state index in [1.165, 1.54) is 5.56 Å². The average molecular weight is 475 g/mol. The standard InChI is InChI=1S/C27H30N4O2S/c1-18(2)15-16-33-21-13-11-20(12-14-21)25-24-22(9-6-10-23(24)32)28-26-29-27(30-31(25)26)34-17-19-7-4-3-5-8-19/h3-5,7-8,11-14,18,25H,6,9-10,15-17H2,1-2H3,(H,28,29,30). The molecule has 0 saturated carbocycles. The summed E-state index contributed by atoms with van der Waals surface area (Å²) in [4.78, 5) is 17.8. The van der Waals surface area contributed by atoms with Crippen molar-refractivity contribution in [2.75, 3.05) is 11.9 Å². The number of anilines is 1. The number of hydrogen-bond acceptors (Lipinski definition) is 6. The summed E-state index contributed by atoms with van der Waals surface area (Å²) in [5.74, 6) is 3.14. The molecule has 2 aliphatic rings. The Morgan fingerprint density at radius 2 is 1.91 bits per heavy atom. The third-order valence-electron chi connectivity index (χ3n) is 6.22. The number of allylic oxidation sites excluding steroid dienone is 2. The Balaban J connectivity index is 1.42. The largest absolute Gasteiger partial charge is 0.494 e. The highest BCUT2D eigenvalue weighted by Crippen LogP contribution is 2.41. The van der Waals surface area contributed by atoms with Crippen molar-refractivity contribution in [1.82, 2.24) is 14.8 Å². The van der Waals surface area contributed by atoms with Crippen molar-refractivity contribution < 1.29 is 9.53 Å². The zero-order chi connectivity index (χ0) is 23.5. The molecule has 1 atom stereocenters. The first-order chi connectivity index (χ1) is 16.6. The fourth-order valence-electron chi connectivity index (χ4n) is 4.39. The number of nitrogens with zero attached hydrogens (tertiary/aromatic N) is 3. The molecular weight excluding hydrogens is 444 g/mol. The van der Waals surface area contributed by atoms with Crippen LogP contribution in [0, 0.1) is 5.92 Å². The Hall–Kier alpha value is -3.06. The number of ether oxygens (including phenoxy) is 1. The van der Waals surface area contributed by atoms with E-state index < -0.39 is 0 Å². The summed E-state index contributed by atoms with van der Waals surface area (Å²) in [6, 6.07) is 18.1. The van der Waals surface area contributed by atoms with Gasteiger partial charge in [-0.25, -0.2) is 4.68 Å². The van der Waals surface area contributed by atoms with E-state index in [4.69, 9.17) is 14.8 Å². The molecule has 1 aliphatic heterocycles. The lowest BCUT2D eigenvalue weighted by Gasteiger charge is -2.32. The van der Waals surface area contributed by atoms with Crippen molar-refractivity contribution in [2.45, 2.75) is 56.5 Å². The number of thioether (sulfide) groups is 1. The second-order valence-corrected chi connectivity index (χ2v) is 10.2. The molecule has 0 saturated heterocycles. The average Bonchev–Trinajstić information content (AvgIpc) is 3.25. The third kappa shape index (κ3) is 4.89. The molecule has 6 nitrogen and oxygen atoms in total. The number of Topliss-reactive ketones (excluding diaryl/α,β-unsaturated/α-hetero) is 1. The van der Waals surface area contributed by atoms with Gasteiger partial charge in [0.1, 0.15) is 11.8 Å². The maximum atomic E-state index is 13.0. The molecule has 0 amide bonds. The molecule has 0 spiro atoms. The van der Waals surface area contributed by atoms with Gasteiger partial charge >= 0.3 is 0 Å². The molecule has 3 aromatic rings. The quantitative estimate of drug-likeness (QED) is 0.403. The summed E-state index contributed by atoms with van der Waals surface area (Å²) < 4.78 is 7.78. The summed E-state index contributed by atoms with van der Waals surface area (Å²) in [7, 11) is 0. The van der Waals surface area contributed by atoms with Crippen molar-refractivity contribution in [3.8, 4) is 5.75 Å². The van der Waals surface area contributed by atoms with E-state index in [-0.39, 0.29) is 11.8 Å². The first-order valence-electron chi connectivity index (χ1n) is 12.0. The van der Waals surface area contributed by atoms with E-state index in [1.807, 2.05) is 35.0 Å². The highest BCUT2D eigenvalue weighted by atomic mass is 32.2. The SMILES string of the molecule is CC(C)CCOc1ccc(C2C3=C(CCCC3=O)Nc3nc(SCc4ccccc4)nn32)cc1. The molecule has 1 aromatic heterocycles. The van der Waals surface area contributed by atoms with Gasteiger partial charge in [-0.2, -0.15) is 4.98 Å². The van der Waals surface area contributed by atoms with E-state index in [9.17, 15) is 4.79 Å². The zero-order valence-corrected chi connectivity index (χ0v) is 20.5.